The van der Waals surface area contributed by atoms with E-state index < -0.39 is 9.84 Å². The molecule has 0 amide bonds. The molecular formula is C12H15ClO4S. The lowest BCUT2D eigenvalue weighted by Crippen LogP contribution is -2.18. The molecular weight excluding hydrogens is 276 g/mol. The molecule has 0 aromatic heterocycles. The number of rotatable bonds is 4. The Labute approximate surface area is 112 Å². The number of alkyl halides is 1. The van der Waals surface area contributed by atoms with E-state index in [0.717, 1.165) is 5.56 Å². The molecule has 0 saturated carbocycles. The minimum Gasteiger partial charge on any atom is -0.497 e. The topological polar surface area (TPSA) is 52.6 Å². The van der Waals surface area contributed by atoms with Crippen LogP contribution in [0.3, 0.4) is 0 Å². The minimum atomic E-state index is -2.93. The van der Waals surface area contributed by atoms with E-state index in [1.807, 2.05) is 0 Å². The second-order valence-corrected chi connectivity index (χ2v) is 6.75. The summed E-state index contributed by atoms with van der Waals surface area (Å²) in [4.78, 5) is 0. The van der Waals surface area contributed by atoms with Crippen LogP contribution in [-0.2, 0) is 15.7 Å². The Morgan fingerprint density at radius 2 is 2.22 bits per heavy atom. The van der Waals surface area contributed by atoms with E-state index in [2.05, 4.69) is 0 Å². The summed E-state index contributed by atoms with van der Waals surface area (Å²) in [7, 11) is -1.35. The first-order valence-corrected chi connectivity index (χ1v) is 7.99. The average molecular weight is 291 g/mol. The van der Waals surface area contributed by atoms with Crippen LogP contribution < -0.4 is 9.47 Å². The lowest BCUT2D eigenvalue weighted by atomic mass is 10.2. The normalized spacial score (nSPS) is 21.8. The summed E-state index contributed by atoms with van der Waals surface area (Å²) in [6.07, 6.45) is 0.265. The van der Waals surface area contributed by atoms with E-state index in [4.69, 9.17) is 21.1 Å². The molecule has 0 N–H and O–H groups in total. The van der Waals surface area contributed by atoms with Crippen LogP contribution in [0.15, 0.2) is 18.2 Å². The molecule has 1 heterocycles. The maximum Gasteiger partial charge on any atom is 0.154 e. The van der Waals surface area contributed by atoms with Gasteiger partial charge < -0.3 is 9.47 Å². The Hall–Kier alpha value is -0.940. The summed E-state index contributed by atoms with van der Waals surface area (Å²) >= 11 is 5.85. The van der Waals surface area contributed by atoms with Crippen molar-refractivity contribution in [2.45, 2.75) is 18.4 Å². The standard InChI is InChI=1S/C12H15ClO4S/c1-16-10-2-3-12(9(6-10)7-13)17-11-4-5-18(14,15)8-11/h2-3,6,11H,4-5,7-8H2,1H3. The first kappa shape index (κ1) is 13.5. The number of benzene rings is 1. The van der Waals surface area contributed by atoms with Crippen LogP contribution in [0.5, 0.6) is 11.5 Å². The molecule has 1 atom stereocenters. The van der Waals surface area contributed by atoms with Crippen LogP contribution in [-0.4, -0.2) is 33.1 Å². The number of hydrogen-bond donors (Lipinski definition) is 0. The SMILES string of the molecule is COc1ccc(OC2CCS(=O)(=O)C2)c(CCl)c1. The summed E-state index contributed by atoms with van der Waals surface area (Å²) in [6.45, 7) is 0. The van der Waals surface area contributed by atoms with Crippen LogP contribution in [0.1, 0.15) is 12.0 Å². The van der Waals surface area contributed by atoms with Gasteiger partial charge in [0.1, 0.15) is 17.6 Å². The molecule has 4 nitrogen and oxygen atoms in total. The van der Waals surface area contributed by atoms with E-state index in [1.165, 1.54) is 0 Å². The molecule has 1 unspecified atom stereocenters. The Morgan fingerprint density at radius 1 is 1.44 bits per heavy atom. The van der Waals surface area contributed by atoms with Crippen molar-refractivity contribution >= 4 is 21.4 Å². The van der Waals surface area contributed by atoms with Crippen LogP contribution in [0.4, 0.5) is 0 Å². The van der Waals surface area contributed by atoms with Gasteiger partial charge in [-0.1, -0.05) is 0 Å². The lowest BCUT2D eigenvalue weighted by molar-refractivity contribution is 0.227. The second kappa shape index (κ2) is 5.36. The fourth-order valence-electron chi connectivity index (χ4n) is 1.94. The maximum atomic E-state index is 11.4. The van der Waals surface area contributed by atoms with E-state index in [0.29, 0.717) is 23.8 Å². The van der Waals surface area contributed by atoms with Gasteiger partial charge in [-0.05, 0) is 24.6 Å². The first-order valence-electron chi connectivity index (χ1n) is 5.64. The highest BCUT2D eigenvalue weighted by molar-refractivity contribution is 7.91. The molecule has 0 spiro atoms. The van der Waals surface area contributed by atoms with Crippen molar-refractivity contribution in [3.63, 3.8) is 0 Å². The first-order chi connectivity index (χ1) is 8.54. The fourth-order valence-corrected chi connectivity index (χ4v) is 3.73. The van der Waals surface area contributed by atoms with Crippen LogP contribution in [0, 0.1) is 0 Å². The summed E-state index contributed by atoms with van der Waals surface area (Å²) in [5, 5.41) is 0. The summed E-state index contributed by atoms with van der Waals surface area (Å²) in [5.74, 6) is 1.92. The van der Waals surface area contributed by atoms with E-state index in [-0.39, 0.29) is 17.6 Å². The molecule has 1 aliphatic heterocycles. The molecule has 6 heteroatoms. The predicted octanol–water partition coefficient (Wildman–Crippen LogP) is 2.00. The van der Waals surface area contributed by atoms with Gasteiger partial charge in [0, 0.05) is 5.56 Å². The smallest absolute Gasteiger partial charge is 0.154 e. The third-order valence-electron chi connectivity index (χ3n) is 2.90. The molecule has 1 aromatic rings. The highest BCUT2D eigenvalue weighted by Crippen LogP contribution is 2.28. The second-order valence-electron chi connectivity index (χ2n) is 4.25. The molecule has 0 bridgehead atoms. The molecule has 0 radical (unpaired) electrons. The zero-order valence-corrected chi connectivity index (χ0v) is 11.6. The van der Waals surface area contributed by atoms with Crippen molar-refractivity contribution in [2.75, 3.05) is 18.6 Å². The quantitative estimate of drug-likeness (QED) is 0.796. The van der Waals surface area contributed by atoms with Crippen LogP contribution in [0.2, 0.25) is 0 Å². The summed E-state index contributed by atoms with van der Waals surface area (Å²) in [6, 6.07) is 5.34. The third kappa shape index (κ3) is 3.09. The molecule has 100 valence electrons. The van der Waals surface area contributed by atoms with E-state index in [1.54, 1.807) is 25.3 Å². The highest BCUT2D eigenvalue weighted by atomic mass is 35.5. The molecule has 1 aromatic carbocycles. The number of hydrogen-bond acceptors (Lipinski definition) is 4. The van der Waals surface area contributed by atoms with Crippen molar-refractivity contribution in [2.24, 2.45) is 0 Å². The zero-order chi connectivity index (χ0) is 13.2. The molecule has 1 saturated heterocycles. The molecule has 2 rings (SSSR count). The summed E-state index contributed by atoms with van der Waals surface area (Å²) < 4.78 is 33.5. The van der Waals surface area contributed by atoms with Gasteiger partial charge in [-0.25, -0.2) is 8.42 Å². The van der Waals surface area contributed by atoms with Crippen molar-refractivity contribution < 1.29 is 17.9 Å². The number of methoxy groups -OCH3 is 1. The highest BCUT2D eigenvalue weighted by Gasteiger charge is 2.29. The Bertz CT molecular complexity index is 527. The monoisotopic (exact) mass is 290 g/mol. The molecule has 1 fully saturated rings. The largest absolute Gasteiger partial charge is 0.497 e. The fraction of sp³-hybridized carbons (Fsp3) is 0.500. The Morgan fingerprint density at radius 3 is 2.78 bits per heavy atom. The van der Waals surface area contributed by atoms with Gasteiger partial charge in [0.2, 0.25) is 0 Å². The minimum absolute atomic E-state index is 0.0841. The maximum absolute atomic E-state index is 11.4. The lowest BCUT2D eigenvalue weighted by Gasteiger charge is -2.15. The van der Waals surface area contributed by atoms with E-state index >= 15 is 0 Å². The average Bonchev–Trinajstić information content (AvgIpc) is 2.69. The molecule has 1 aliphatic rings. The van der Waals surface area contributed by atoms with Gasteiger partial charge in [0.15, 0.2) is 9.84 Å². The third-order valence-corrected chi connectivity index (χ3v) is 4.92. The van der Waals surface area contributed by atoms with Crippen molar-refractivity contribution in [1.82, 2.24) is 0 Å². The molecule has 18 heavy (non-hydrogen) atoms. The zero-order valence-electron chi connectivity index (χ0n) is 10.1. The van der Waals surface area contributed by atoms with Crippen molar-refractivity contribution in [1.29, 1.82) is 0 Å². The van der Waals surface area contributed by atoms with Crippen molar-refractivity contribution in [3.8, 4) is 11.5 Å². The van der Waals surface area contributed by atoms with Gasteiger partial charge in [0.25, 0.3) is 0 Å². The Balaban J connectivity index is 2.14. The van der Waals surface area contributed by atoms with Crippen LogP contribution in [0.25, 0.3) is 0 Å². The van der Waals surface area contributed by atoms with E-state index in [9.17, 15) is 8.42 Å². The van der Waals surface area contributed by atoms with Gasteiger partial charge in [-0.2, -0.15) is 0 Å². The van der Waals surface area contributed by atoms with Gasteiger partial charge in [-0.3, -0.25) is 0 Å². The number of sulfone groups is 1. The van der Waals surface area contributed by atoms with Gasteiger partial charge in [0.05, 0.1) is 24.5 Å². The number of halogens is 1. The number of ether oxygens (including phenoxy) is 2. The van der Waals surface area contributed by atoms with Gasteiger partial charge in [-0.15, -0.1) is 11.6 Å². The van der Waals surface area contributed by atoms with Crippen molar-refractivity contribution in [3.05, 3.63) is 23.8 Å². The summed E-state index contributed by atoms with van der Waals surface area (Å²) in [5.41, 5.74) is 0.806. The molecule has 0 aliphatic carbocycles. The predicted molar refractivity (Wildman–Crippen MR) is 70.2 cm³/mol. The van der Waals surface area contributed by atoms with Gasteiger partial charge >= 0.3 is 0 Å². The Kier molecular flexibility index (Phi) is 4.02. The van der Waals surface area contributed by atoms with Crippen LogP contribution >= 0.6 is 11.6 Å².